The van der Waals surface area contributed by atoms with Gasteiger partial charge in [-0.25, -0.2) is 14.8 Å². The first-order chi connectivity index (χ1) is 27.1. The number of para-hydroxylation sites is 1. The molecule has 0 spiro atoms. The zero-order valence-corrected chi connectivity index (χ0v) is 31.7. The molecule has 0 radical (unpaired) electrons. The zero-order valence-electron chi connectivity index (χ0n) is 31.7. The number of pyridine rings is 1. The standard InChI is InChI=1S/C43H47N9O4/c1-5-21-50-28-40(54)51-37(22-30-15-18-34(53)19-16-30)42(55)49(27-39(51)52(50)29(3)45-23-31-11-8-7-9-12-31)25-33-13-10-14-35-36(26-48(4)41(33)35)32-17-20-38(46-24-32)47-43(56)44-6-2/h5,7-20,24,26,37,39,45,53H,1,3,6,21-23,25,27-28H2,2,4H3,(H2,44,46,47,56)/t37-,39-/m0/s1. The molecule has 5 aromatic rings. The first-order valence-corrected chi connectivity index (χ1v) is 18.7. The van der Waals surface area contributed by atoms with Gasteiger partial charge in [0.05, 0.1) is 18.6 Å². The van der Waals surface area contributed by atoms with Crippen molar-refractivity contribution in [2.45, 2.75) is 38.6 Å². The van der Waals surface area contributed by atoms with Crippen molar-refractivity contribution in [1.29, 1.82) is 0 Å². The number of urea groups is 1. The van der Waals surface area contributed by atoms with Gasteiger partial charge in [-0.05, 0) is 47.9 Å². The van der Waals surface area contributed by atoms with Gasteiger partial charge in [0.1, 0.15) is 29.6 Å². The molecule has 4 N–H and O–H groups in total. The highest BCUT2D eigenvalue weighted by molar-refractivity contribution is 5.98. The van der Waals surface area contributed by atoms with Crippen LogP contribution in [-0.4, -0.2) is 90.7 Å². The third kappa shape index (κ3) is 7.80. The fraction of sp³-hybridized carbons (Fsp3) is 0.256. The summed E-state index contributed by atoms with van der Waals surface area (Å²) in [6, 6.07) is 25.5. The van der Waals surface area contributed by atoms with Crippen molar-refractivity contribution in [2.75, 3.05) is 31.5 Å². The Morgan fingerprint density at radius 1 is 0.982 bits per heavy atom. The molecule has 2 saturated heterocycles. The summed E-state index contributed by atoms with van der Waals surface area (Å²) in [6.07, 6.45) is 5.26. The molecule has 13 nitrogen and oxygen atoms in total. The SMILES string of the molecule is C=CCN1CC(=O)N2[C@@H](Cc3ccc(O)cc3)C(=O)N(Cc3cccc4c(-c5ccc(NC(=O)NCC)nc5)cn(C)c34)C[C@@H]2N1C(=C)NCc1ccccc1. The number of rotatable bonds is 13. The lowest BCUT2D eigenvalue weighted by molar-refractivity contribution is -0.194. The van der Waals surface area contributed by atoms with Crippen LogP contribution in [0, 0.1) is 0 Å². The molecule has 2 aromatic heterocycles. The van der Waals surface area contributed by atoms with Crippen LogP contribution in [0.4, 0.5) is 10.6 Å². The van der Waals surface area contributed by atoms with Crippen LogP contribution in [0.25, 0.3) is 22.0 Å². The molecule has 4 amide bonds. The fourth-order valence-electron chi connectivity index (χ4n) is 7.73. The van der Waals surface area contributed by atoms with Gasteiger partial charge in [0, 0.05) is 68.6 Å². The van der Waals surface area contributed by atoms with Crippen molar-refractivity contribution in [3.05, 3.63) is 139 Å². The Morgan fingerprint density at radius 3 is 2.48 bits per heavy atom. The number of benzene rings is 3. The Hall–Kier alpha value is -6.60. The average Bonchev–Trinajstić information content (AvgIpc) is 3.54. The maximum absolute atomic E-state index is 14.7. The Labute approximate surface area is 326 Å². The minimum atomic E-state index is -0.804. The molecule has 7 rings (SSSR count). The van der Waals surface area contributed by atoms with Crippen molar-refractivity contribution in [2.24, 2.45) is 7.05 Å². The number of aryl methyl sites for hydroxylation is 1. The number of carbonyl (C=O) groups is 3. The van der Waals surface area contributed by atoms with Gasteiger partial charge >= 0.3 is 6.03 Å². The van der Waals surface area contributed by atoms with E-state index in [2.05, 4.69) is 44.7 Å². The highest BCUT2D eigenvalue weighted by Gasteiger charge is 2.50. The number of carbonyl (C=O) groups excluding carboxylic acids is 3. The third-order valence-electron chi connectivity index (χ3n) is 10.3. The molecule has 13 heteroatoms. The molecule has 2 aliphatic heterocycles. The molecule has 0 bridgehead atoms. The second kappa shape index (κ2) is 16.4. The van der Waals surface area contributed by atoms with E-state index in [0.29, 0.717) is 37.8 Å². The molecule has 0 aliphatic carbocycles. The third-order valence-corrected chi connectivity index (χ3v) is 10.3. The number of amides is 4. The monoisotopic (exact) mass is 753 g/mol. The van der Waals surface area contributed by atoms with E-state index in [1.165, 1.54) is 0 Å². The number of phenols is 1. The summed E-state index contributed by atoms with van der Waals surface area (Å²) in [4.78, 5) is 48.9. The molecular formula is C43H47N9O4. The van der Waals surface area contributed by atoms with Crippen LogP contribution in [0.2, 0.25) is 0 Å². The van der Waals surface area contributed by atoms with Crippen molar-refractivity contribution in [1.82, 2.24) is 40.0 Å². The maximum Gasteiger partial charge on any atom is 0.320 e. The Morgan fingerprint density at radius 2 is 1.77 bits per heavy atom. The maximum atomic E-state index is 14.7. The molecule has 0 saturated carbocycles. The summed E-state index contributed by atoms with van der Waals surface area (Å²) in [5.74, 6) is 0.859. The zero-order chi connectivity index (χ0) is 39.3. The Bertz CT molecular complexity index is 2240. The van der Waals surface area contributed by atoms with E-state index in [1.54, 1.807) is 47.5 Å². The van der Waals surface area contributed by atoms with Crippen LogP contribution in [0.1, 0.15) is 23.6 Å². The van der Waals surface area contributed by atoms with Gasteiger partial charge in [0.25, 0.3) is 0 Å². The number of hydrogen-bond donors (Lipinski definition) is 4. The van der Waals surface area contributed by atoms with Crippen molar-refractivity contribution < 1.29 is 19.5 Å². The topological polar surface area (TPSA) is 138 Å². The molecule has 0 unspecified atom stereocenters. The molecule has 4 heterocycles. The first-order valence-electron chi connectivity index (χ1n) is 18.7. The largest absolute Gasteiger partial charge is 0.508 e. The summed E-state index contributed by atoms with van der Waals surface area (Å²) >= 11 is 0. The lowest BCUT2D eigenvalue weighted by Gasteiger charge is -2.56. The summed E-state index contributed by atoms with van der Waals surface area (Å²) in [5.41, 5.74) is 5.67. The van der Waals surface area contributed by atoms with Crippen LogP contribution in [-0.2, 0) is 36.1 Å². The van der Waals surface area contributed by atoms with Crippen LogP contribution in [0.5, 0.6) is 5.75 Å². The van der Waals surface area contributed by atoms with E-state index in [4.69, 9.17) is 0 Å². The van der Waals surface area contributed by atoms with E-state index in [0.717, 1.165) is 38.7 Å². The number of hydrazine groups is 1. The van der Waals surface area contributed by atoms with Crippen molar-refractivity contribution >= 4 is 34.6 Å². The molecule has 2 atom stereocenters. The number of piperazine rings is 1. The molecule has 2 fully saturated rings. The first kappa shape index (κ1) is 37.7. The normalized spacial score (nSPS) is 17.1. The van der Waals surface area contributed by atoms with E-state index in [1.807, 2.05) is 83.6 Å². The number of aromatic nitrogens is 2. The molecule has 2 aliphatic rings. The highest BCUT2D eigenvalue weighted by Crippen LogP contribution is 2.35. The minimum absolute atomic E-state index is 0.0528. The second-order valence-corrected chi connectivity index (χ2v) is 14.0. The van der Waals surface area contributed by atoms with Crippen LogP contribution in [0.15, 0.2) is 122 Å². The number of aromatic hydroxyl groups is 1. The van der Waals surface area contributed by atoms with Gasteiger partial charge in [0.2, 0.25) is 11.8 Å². The fourth-order valence-corrected chi connectivity index (χ4v) is 7.73. The van der Waals surface area contributed by atoms with Gasteiger partial charge < -0.3 is 30.1 Å². The van der Waals surface area contributed by atoms with Crippen LogP contribution >= 0.6 is 0 Å². The lowest BCUT2D eigenvalue weighted by Crippen LogP contribution is -2.75. The number of fused-ring (bicyclic) bond motifs is 2. The van der Waals surface area contributed by atoms with Crippen LogP contribution in [0.3, 0.4) is 0 Å². The minimum Gasteiger partial charge on any atom is -0.508 e. The summed E-state index contributed by atoms with van der Waals surface area (Å²) < 4.78 is 2.06. The van der Waals surface area contributed by atoms with E-state index in [9.17, 15) is 19.5 Å². The number of phenolic OH excluding ortho intramolecular Hbond substituents is 1. The lowest BCUT2D eigenvalue weighted by atomic mass is 9.97. The number of nitrogens with zero attached hydrogens (tertiary/aromatic N) is 6. The number of hydrogen-bond acceptors (Lipinski definition) is 8. The Kier molecular flexibility index (Phi) is 11.1. The quantitative estimate of drug-likeness (QED) is 0.121. The van der Waals surface area contributed by atoms with Crippen molar-refractivity contribution in [3.63, 3.8) is 0 Å². The smallest absolute Gasteiger partial charge is 0.320 e. The number of nitrogens with one attached hydrogen (secondary N) is 3. The predicted molar refractivity (Wildman–Crippen MR) is 217 cm³/mol. The summed E-state index contributed by atoms with van der Waals surface area (Å²) in [7, 11) is 1.98. The Balaban J connectivity index is 1.23. The highest BCUT2D eigenvalue weighted by atomic mass is 16.3. The van der Waals surface area contributed by atoms with E-state index >= 15 is 0 Å². The van der Waals surface area contributed by atoms with Crippen LogP contribution < -0.4 is 16.0 Å². The molecule has 288 valence electrons. The van der Waals surface area contributed by atoms with E-state index < -0.39 is 12.2 Å². The predicted octanol–water partition coefficient (Wildman–Crippen LogP) is 5.18. The van der Waals surface area contributed by atoms with Gasteiger partial charge in [-0.3, -0.25) is 19.9 Å². The van der Waals surface area contributed by atoms with Gasteiger partial charge in [0.15, 0.2) is 0 Å². The molecule has 56 heavy (non-hydrogen) atoms. The molecular weight excluding hydrogens is 707 g/mol. The average molecular weight is 754 g/mol. The summed E-state index contributed by atoms with van der Waals surface area (Å²) in [6.45, 7) is 12.3. The van der Waals surface area contributed by atoms with Crippen molar-refractivity contribution in [3.8, 4) is 16.9 Å². The number of anilines is 1. The van der Waals surface area contributed by atoms with E-state index in [-0.39, 0.29) is 43.1 Å². The second-order valence-electron chi connectivity index (χ2n) is 14.0. The van der Waals surface area contributed by atoms with Gasteiger partial charge in [-0.2, -0.15) is 0 Å². The van der Waals surface area contributed by atoms with Gasteiger partial charge in [-0.1, -0.05) is 73.3 Å². The van der Waals surface area contributed by atoms with Gasteiger partial charge in [-0.15, -0.1) is 6.58 Å². The molecule has 3 aromatic carbocycles. The summed E-state index contributed by atoms with van der Waals surface area (Å²) in [5, 5.41) is 23.9.